The van der Waals surface area contributed by atoms with E-state index < -0.39 is 0 Å². The first-order chi connectivity index (χ1) is 9.11. The van der Waals surface area contributed by atoms with Gasteiger partial charge in [0.2, 0.25) is 0 Å². The molecular weight excluding hydrogens is 306 g/mol. The number of para-hydroxylation sites is 1. The summed E-state index contributed by atoms with van der Waals surface area (Å²) in [7, 11) is 0. The molecule has 0 saturated heterocycles. The molecule has 0 spiro atoms. The summed E-state index contributed by atoms with van der Waals surface area (Å²) in [6.45, 7) is 1.85. The van der Waals surface area contributed by atoms with Gasteiger partial charge in [0.15, 0.2) is 0 Å². The molecule has 2 rings (SSSR count). The molecule has 0 saturated carbocycles. The Bertz CT molecular complexity index is 570. The highest BCUT2D eigenvalue weighted by molar-refractivity contribution is 9.10. The topological polar surface area (TPSA) is 55.5 Å². The first kappa shape index (κ1) is 14.1. The Balaban J connectivity index is 2.39. The molecule has 0 aliphatic heterocycles. The van der Waals surface area contributed by atoms with Crippen LogP contribution >= 0.6 is 15.9 Å². The Labute approximate surface area is 121 Å². The van der Waals surface area contributed by atoms with E-state index in [9.17, 15) is 5.11 Å². The second kappa shape index (κ2) is 6.19. The van der Waals surface area contributed by atoms with Crippen LogP contribution in [0.2, 0.25) is 0 Å². The van der Waals surface area contributed by atoms with Crippen LogP contribution in [0.1, 0.15) is 24.1 Å². The number of hydrogen-bond acceptors (Lipinski definition) is 3. The van der Waals surface area contributed by atoms with Gasteiger partial charge in [-0.15, -0.1) is 0 Å². The van der Waals surface area contributed by atoms with Crippen LogP contribution < -0.4 is 10.5 Å². The maximum Gasteiger partial charge on any atom is 0.133 e. The van der Waals surface area contributed by atoms with Crippen molar-refractivity contribution in [2.45, 2.75) is 19.6 Å². The lowest BCUT2D eigenvalue weighted by molar-refractivity contribution is 0.276. The summed E-state index contributed by atoms with van der Waals surface area (Å²) in [6.07, 6.45) is 0. The van der Waals surface area contributed by atoms with Crippen molar-refractivity contribution >= 4 is 15.9 Å². The lowest BCUT2D eigenvalue weighted by Crippen LogP contribution is -2.07. The van der Waals surface area contributed by atoms with Gasteiger partial charge in [-0.3, -0.25) is 0 Å². The number of benzene rings is 2. The molecule has 100 valence electrons. The molecule has 0 bridgehead atoms. The number of halogens is 1. The Kier molecular flexibility index (Phi) is 4.58. The molecule has 19 heavy (non-hydrogen) atoms. The van der Waals surface area contributed by atoms with Gasteiger partial charge in [0.05, 0.1) is 6.61 Å². The second-order valence-corrected chi connectivity index (χ2v) is 5.25. The summed E-state index contributed by atoms with van der Waals surface area (Å²) < 4.78 is 6.83. The third kappa shape index (κ3) is 3.35. The van der Waals surface area contributed by atoms with Crippen molar-refractivity contribution in [2.75, 3.05) is 0 Å². The number of aliphatic hydroxyl groups excluding tert-OH is 1. The minimum atomic E-state index is -0.121. The fourth-order valence-corrected chi connectivity index (χ4v) is 2.17. The van der Waals surface area contributed by atoms with Gasteiger partial charge in [0, 0.05) is 21.6 Å². The fourth-order valence-electron chi connectivity index (χ4n) is 1.83. The maximum absolute atomic E-state index is 9.32. The van der Waals surface area contributed by atoms with Gasteiger partial charge in [0.1, 0.15) is 11.5 Å². The van der Waals surface area contributed by atoms with Crippen LogP contribution in [0.25, 0.3) is 0 Å². The van der Waals surface area contributed by atoms with E-state index in [1.54, 1.807) is 0 Å². The SMILES string of the molecule is CC(N)c1ccc(Br)cc1Oc1ccccc1CO. The van der Waals surface area contributed by atoms with Crippen LogP contribution in [0.4, 0.5) is 0 Å². The number of hydrogen-bond donors (Lipinski definition) is 2. The van der Waals surface area contributed by atoms with Crippen LogP contribution in [-0.4, -0.2) is 5.11 Å². The molecule has 0 radical (unpaired) electrons. The Morgan fingerprint density at radius 2 is 1.95 bits per heavy atom. The van der Waals surface area contributed by atoms with Gasteiger partial charge >= 0.3 is 0 Å². The van der Waals surface area contributed by atoms with Crippen molar-refractivity contribution < 1.29 is 9.84 Å². The minimum Gasteiger partial charge on any atom is -0.457 e. The first-order valence-electron chi connectivity index (χ1n) is 6.03. The zero-order valence-corrected chi connectivity index (χ0v) is 12.2. The zero-order chi connectivity index (χ0) is 13.8. The average molecular weight is 322 g/mol. The van der Waals surface area contributed by atoms with E-state index in [1.165, 1.54) is 0 Å². The molecule has 0 aliphatic rings. The van der Waals surface area contributed by atoms with Crippen molar-refractivity contribution in [3.05, 3.63) is 58.1 Å². The normalized spacial score (nSPS) is 12.2. The molecule has 1 unspecified atom stereocenters. The molecule has 2 aromatic carbocycles. The van der Waals surface area contributed by atoms with E-state index in [-0.39, 0.29) is 12.6 Å². The van der Waals surface area contributed by atoms with Gasteiger partial charge in [-0.1, -0.05) is 40.2 Å². The highest BCUT2D eigenvalue weighted by Crippen LogP contribution is 2.33. The summed E-state index contributed by atoms with van der Waals surface area (Å²) in [4.78, 5) is 0. The Morgan fingerprint density at radius 3 is 2.63 bits per heavy atom. The van der Waals surface area contributed by atoms with Crippen molar-refractivity contribution in [3.63, 3.8) is 0 Å². The molecular formula is C15H16BrNO2. The Hall–Kier alpha value is -1.36. The predicted octanol–water partition coefficient (Wildman–Crippen LogP) is 3.75. The molecule has 2 aromatic rings. The van der Waals surface area contributed by atoms with Crippen molar-refractivity contribution in [1.29, 1.82) is 0 Å². The Morgan fingerprint density at radius 1 is 1.21 bits per heavy atom. The number of aliphatic hydroxyl groups is 1. The molecule has 0 amide bonds. The monoisotopic (exact) mass is 321 g/mol. The number of nitrogens with two attached hydrogens (primary N) is 1. The highest BCUT2D eigenvalue weighted by atomic mass is 79.9. The van der Waals surface area contributed by atoms with E-state index in [1.807, 2.05) is 49.4 Å². The van der Waals surface area contributed by atoms with Crippen LogP contribution in [0.5, 0.6) is 11.5 Å². The van der Waals surface area contributed by atoms with Crippen LogP contribution in [0, 0.1) is 0 Å². The van der Waals surface area contributed by atoms with Gasteiger partial charge in [-0.05, 0) is 25.1 Å². The molecule has 0 aromatic heterocycles. The summed E-state index contributed by atoms with van der Waals surface area (Å²) in [5, 5.41) is 9.32. The fraction of sp³-hybridized carbons (Fsp3) is 0.200. The third-order valence-electron chi connectivity index (χ3n) is 2.83. The van der Waals surface area contributed by atoms with Crippen LogP contribution in [0.3, 0.4) is 0 Å². The van der Waals surface area contributed by atoms with Gasteiger partial charge in [0.25, 0.3) is 0 Å². The standard InChI is InChI=1S/C15H16BrNO2/c1-10(17)13-7-6-12(16)8-15(13)19-14-5-3-2-4-11(14)9-18/h2-8,10,18H,9,17H2,1H3. The molecule has 0 heterocycles. The smallest absolute Gasteiger partial charge is 0.133 e. The summed E-state index contributed by atoms with van der Waals surface area (Å²) >= 11 is 3.42. The highest BCUT2D eigenvalue weighted by Gasteiger charge is 2.11. The third-order valence-corrected chi connectivity index (χ3v) is 3.32. The summed E-state index contributed by atoms with van der Waals surface area (Å²) in [6, 6.07) is 13.0. The zero-order valence-electron chi connectivity index (χ0n) is 10.6. The lowest BCUT2D eigenvalue weighted by atomic mass is 10.1. The molecule has 3 nitrogen and oxygen atoms in total. The first-order valence-corrected chi connectivity index (χ1v) is 6.82. The van der Waals surface area contributed by atoms with Gasteiger partial charge in [-0.25, -0.2) is 0 Å². The number of rotatable bonds is 4. The lowest BCUT2D eigenvalue weighted by Gasteiger charge is -2.15. The summed E-state index contributed by atoms with van der Waals surface area (Å²) in [5.41, 5.74) is 7.62. The van der Waals surface area contributed by atoms with Gasteiger partial charge in [-0.2, -0.15) is 0 Å². The average Bonchev–Trinajstić information content (AvgIpc) is 2.39. The second-order valence-electron chi connectivity index (χ2n) is 4.34. The maximum atomic E-state index is 9.32. The summed E-state index contributed by atoms with van der Waals surface area (Å²) in [5.74, 6) is 1.34. The van der Waals surface area contributed by atoms with E-state index in [4.69, 9.17) is 10.5 Å². The molecule has 3 N–H and O–H groups in total. The largest absolute Gasteiger partial charge is 0.457 e. The van der Waals surface area contributed by atoms with Crippen LogP contribution in [-0.2, 0) is 6.61 Å². The van der Waals surface area contributed by atoms with E-state index in [2.05, 4.69) is 15.9 Å². The van der Waals surface area contributed by atoms with Crippen molar-refractivity contribution in [3.8, 4) is 11.5 Å². The van der Waals surface area contributed by atoms with E-state index in [0.717, 1.165) is 15.6 Å². The molecule has 0 aliphatic carbocycles. The molecule has 4 heteroatoms. The minimum absolute atomic E-state index is 0.0578. The molecule has 1 atom stereocenters. The van der Waals surface area contributed by atoms with E-state index in [0.29, 0.717) is 11.5 Å². The van der Waals surface area contributed by atoms with Gasteiger partial charge < -0.3 is 15.6 Å². The van der Waals surface area contributed by atoms with Crippen molar-refractivity contribution in [2.24, 2.45) is 5.73 Å². The quantitative estimate of drug-likeness (QED) is 0.901. The van der Waals surface area contributed by atoms with E-state index >= 15 is 0 Å². The van der Waals surface area contributed by atoms with Crippen molar-refractivity contribution in [1.82, 2.24) is 0 Å². The number of ether oxygens (including phenoxy) is 1. The molecule has 0 fully saturated rings. The van der Waals surface area contributed by atoms with Crippen LogP contribution in [0.15, 0.2) is 46.9 Å². The predicted molar refractivity (Wildman–Crippen MR) is 79.2 cm³/mol.